The van der Waals surface area contributed by atoms with Crippen LogP contribution in [0.15, 0.2) is 27.6 Å². The van der Waals surface area contributed by atoms with Gasteiger partial charge in [0.2, 0.25) is 10.0 Å². The highest BCUT2D eigenvalue weighted by Gasteiger charge is 2.37. The van der Waals surface area contributed by atoms with E-state index < -0.39 is 10.0 Å². The summed E-state index contributed by atoms with van der Waals surface area (Å²) in [7, 11) is -3.49. The molecule has 118 valence electrons. The van der Waals surface area contributed by atoms with Crippen molar-refractivity contribution >= 4 is 26.0 Å². The number of piperidine rings is 1. The molecule has 0 aliphatic carbocycles. The lowest BCUT2D eigenvalue weighted by Gasteiger charge is -2.40. The summed E-state index contributed by atoms with van der Waals surface area (Å²) in [6, 6.07) is 5.23. The van der Waals surface area contributed by atoms with Gasteiger partial charge in [-0.3, -0.25) is 0 Å². The molecule has 1 aliphatic heterocycles. The van der Waals surface area contributed by atoms with E-state index in [1.54, 1.807) is 22.5 Å². The first-order valence-corrected chi connectivity index (χ1v) is 9.51. The lowest BCUT2D eigenvalue weighted by atomic mass is 9.88. The van der Waals surface area contributed by atoms with E-state index in [0.717, 1.165) is 12.0 Å². The predicted molar refractivity (Wildman–Crippen MR) is 88.3 cm³/mol. The van der Waals surface area contributed by atoms with Crippen LogP contribution in [0.25, 0.3) is 0 Å². The minimum Gasteiger partial charge on any atom is -0.326 e. The van der Waals surface area contributed by atoms with Crippen molar-refractivity contribution in [3.8, 4) is 0 Å². The van der Waals surface area contributed by atoms with E-state index in [4.69, 9.17) is 5.73 Å². The van der Waals surface area contributed by atoms with Gasteiger partial charge in [-0.1, -0.05) is 19.9 Å². The maximum atomic E-state index is 13.0. The van der Waals surface area contributed by atoms with Gasteiger partial charge >= 0.3 is 0 Å². The summed E-state index contributed by atoms with van der Waals surface area (Å²) in [5.74, 6) is 0.749. The zero-order valence-corrected chi connectivity index (χ0v) is 15.1. The highest BCUT2D eigenvalue weighted by molar-refractivity contribution is 9.10. The van der Waals surface area contributed by atoms with E-state index in [1.165, 1.54) is 0 Å². The summed E-state index contributed by atoms with van der Waals surface area (Å²) in [6.07, 6.45) is 1.07. The molecule has 6 heteroatoms. The monoisotopic (exact) mass is 374 g/mol. The molecular formula is C15H23BrN2O2S. The molecule has 1 heterocycles. The van der Waals surface area contributed by atoms with Crippen molar-refractivity contribution < 1.29 is 8.42 Å². The number of sulfonamides is 1. The molecule has 1 aliphatic rings. The van der Waals surface area contributed by atoms with E-state index in [1.807, 2.05) is 6.92 Å². The number of hydrogen-bond acceptors (Lipinski definition) is 3. The summed E-state index contributed by atoms with van der Waals surface area (Å²) in [5, 5.41) is 0. The molecule has 0 aromatic heterocycles. The largest absolute Gasteiger partial charge is 0.326 e. The second-order valence-electron chi connectivity index (χ2n) is 6.10. The Hall–Kier alpha value is -0.430. The predicted octanol–water partition coefficient (Wildman–Crippen LogP) is 2.96. The third kappa shape index (κ3) is 3.33. The summed E-state index contributed by atoms with van der Waals surface area (Å²) >= 11 is 3.38. The molecule has 1 fully saturated rings. The molecule has 3 atom stereocenters. The van der Waals surface area contributed by atoms with Crippen molar-refractivity contribution in [1.82, 2.24) is 4.31 Å². The molecule has 1 saturated heterocycles. The third-order valence-electron chi connectivity index (χ3n) is 4.36. The molecule has 0 radical (unpaired) electrons. The maximum absolute atomic E-state index is 13.0. The molecular weight excluding hydrogens is 352 g/mol. The van der Waals surface area contributed by atoms with E-state index in [9.17, 15) is 8.42 Å². The zero-order chi connectivity index (χ0) is 15.8. The van der Waals surface area contributed by atoms with Crippen LogP contribution in [0.1, 0.15) is 32.8 Å². The molecule has 4 nitrogen and oxygen atoms in total. The lowest BCUT2D eigenvalue weighted by molar-refractivity contribution is 0.157. The lowest BCUT2D eigenvalue weighted by Crippen LogP contribution is -2.48. The Bertz CT molecular complexity index is 618. The molecule has 21 heavy (non-hydrogen) atoms. The standard InChI is InChI=1S/C15H23BrN2O2S/c1-10-6-11(2)12(3)18(9-10)21(19,20)15-5-4-13(8-17)7-14(15)16/h4-5,7,10-12H,6,8-9,17H2,1-3H3. The molecule has 1 aromatic carbocycles. The van der Waals surface area contributed by atoms with E-state index in [-0.39, 0.29) is 6.04 Å². The molecule has 0 bridgehead atoms. The summed E-state index contributed by atoms with van der Waals surface area (Å²) < 4.78 is 28.2. The van der Waals surface area contributed by atoms with Gasteiger partial charge in [0.25, 0.3) is 0 Å². The average Bonchev–Trinajstić information content (AvgIpc) is 2.42. The Balaban J connectivity index is 2.41. The van der Waals surface area contributed by atoms with Gasteiger partial charge in [-0.15, -0.1) is 0 Å². The van der Waals surface area contributed by atoms with Gasteiger partial charge in [-0.05, 0) is 58.8 Å². The fourth-order valence-electron chi connectivity index (χ4n) is 2.99. The Morgan fingerprint density at radius 3 is 2.57 bits per heavy atom. The second-order valence-corrected chi connectivity index (χ2v) is 8.82. The highest BCUT2D eigenvalue weighted by atomic mass is 79.9. The fraction of sp³-hybridized carbons (Fsp3) is 0.600. The van der Waals surface area contributed by atoms with E-state index in [0.29, 0.717) is 34.3 Å². The van der Waals surface area contributed by atoms with Crippen LogP contribution in [-0.2, 0) is 16.6 Å². The van der Waals surface area contributed by atoms with Crippen LogP contribution < -0.4 is 5.73 Å². The normalized spacial score (nSPS) is 27.8. The van der Waals surface area contributed by atoms with Crippen molar-refractivity contribution in [3.63, 3.8) is 0 Å². The van der Waals surface area contributed by atoms with Crippen LogP contribution in [0.3, 0.4) is 0 Å². The molecule has 0 saturated carbocycles. The second kappa shape index (κ2) is 6.36. The molecule has 1 aromatic rings. The molecule has 2 rings (SSSR count). The van der Waals surface area contributed by atoms with Crippen LogP contribution in [0.2, 0.25) is 0 Å². The Kier molecular flexibility index (Phi) is 5.13. The SMILES string of the molecule is CC1CC(C)C(C)N(S(=O)(=O)c2ccc(CN)cc2Br)C1. The molecule has 2 N–H and O–H groups in total. The Morgan fingerprint density at radius 2 is 2.00 bits per heavy atom. The van der Waals surface area contributed by atoms with Crippen molar-refractivity contribution in [3.05, 3.63) is 28.2 Å². The molecule has 0 amide bonds. The quantitative estimate of drug-likeness (QED) is 0.884. The minimum atomic E-state index is -3.49. The number of rotatable bonds is 3. The first-order chi connectivity index (χ1) is 9.77. The smallest absolute Gasteiger partial charge is 0.244 e. The van der Waals surface area contributed by atoms with E-state index >= 15 is 0 Å². The summed E-state index contributed by atoms with van der Waals surface area (Å²) in [6.45, 7) is 7.20. The van der Waals surface area contributed by atoms with Crippen molar-refractivity contribution in [2.75, 3.05) is 6.54 Å². The number of hydrogen-bond donors (Lipinski definition) is 1. The molecule has 0 spiro atoms. The molecule has 3 unspecified atom stereocenters. The fourth-order valence-corrected chi connectivity index (χ4v) is 5.92. The van der Waals surface area contributed by atoms with Crippen LogP contribution >= 0.6 is 15.9 Å². The highest BCUT2D eigenvalue weighted by Crippen LogP contribution is 2.34. The third-order valence-corrected chi connectivity index (χ3v) is 7.29. The van der Waals surface area contributed by atoms with Crippen molar-refractivity contribution in [2.45, 2.75) is 44.7 Å². The van der Waals surface area contributed by atoms with Gasteiger partial charge in [0.1, 0.15) is 0 Å². The van der Waals surface area contributed by atoms with Gasteiger partial charge in [0.05, 0.1) is 4.90 Å². The Labute approximate surface area is 135 Å². The van der Waals surface area contributed by atoms with Crippen molar-refractivity contribution in [2.24, 2.45) is 17.6 Å². The van der Waals surface area contributed by atoms with E-state index in [2.05, 4.69) is 29.8 Å². The summed E-state index contributed by atoms with van der Waals surface area (Å²) in [5.41, 5.74) is 6.51. The van der Waals surface area contributed by atoms with Crippen LogP contribution in [-0.4, -0.2) is 25.3 Å². The number of benzene rings is 1. The average molecular weight is 375 g/mol. The zero-order valence-electron chi connectivity index (χ0n) is 12.7. The van der Waals surface area contributed by atoms with Crippen LogP contribution in [0.5, 0.6) is 0 Å². The number of nitrogens with two attached hydrogens (primary N) is 1. The minimum absolute atomic E-state index is 0.0206. The number of nitrogens with zero attached hydrogens (tertiary/aromatic N) is 1. The summed E-state index contributed by atoms with van der Waals surface area (Å²) in [4.78, 5) is 0.327. The topological polar surface area (TPSA) is 63.4 Å². The van der Waals surface area contributed by atoms with Gasteiger partial charge < -0.3 is 5.73 Å². The van der Waals surface area contributed by atoms with Gasteiger partial charge in [-0.2, -0.15) is 4.31 Å². The first-order valence-electron chi connectivity index (χ1n) is 7.27. The van der Waals surface area contributed by atoms with Gasteiger partial charge in [0, 0.05) is 23.6 Å². The van der Waals surface area contributed by atoms with Gasteiger partial charge in [0.15, 0.2) is 0 Å². The van der Waals surface area contributed by atoms with Crippen LogP contribution in [0, 0.1) is 11.8 Å². The number of halogens is 1. The first kappa shape index (κ1) is 16.9. The Morgan fingerprint density at radius 1 is 1.33 bits per heavy atom. The van der Waals surface area contributed by atoms with Gasteiger partial charge in [-0.25, -0.2) is 8.42 Å². The van der Waals surface area contributed by atoms with Crippen molar-refractivity contribution in [1.29, 1.82) is 0 Å². The maximum Gasteiger partial charge on any atom is 0.244 e. The van der Waals surface area contributed by atoms with Crippen LogP contribution in [0.4, 0.5) is 0 Å².